The molecule has 0 spiro atoms. The summed E-state index contributed by atoms with van der Waals surface area (Å²) in [5, 5.41) is 8.98. The van der Waals surface area contributed by atoms with Gasteiger partial charge in [-0.2, -0.15) is 0 Å². The summed E-state index contributed by atoms with van der Waals surface area (Å²) in [6.45, 7) is 7.95. The summed E-state index contributed by atoms with van der Waals surface area (Å²) in [6.07, 6.45) is 2.37. The first-order valence-electron chi connectivity index (χ1n) is 7.91. The molecule has 2 atom stereocenters. The molecule has 120 valence electrons. The van der Waals surface area contributed by atoms with Gasteiger partial charge in [0.25, 0.3) is 0 Å². The minimum atomic E-state index is -0.773. The number of carboxylic acids is 1. The van der Waals surface area contributed by atoms with Crippen LogP contribution in [-0.4, -0.2) is 77.6 Å². The van der Waals surface area contributed by atoms with E-state index in [0.717, 1.165) is 26.1 Å². The van der Waals surface area contributed by atoms with Crippen LogP contribution in [0.2, 0.25) is 0 Å². The van der Waals surface area contributed by atoms with Gasteiger partial charge >= 0.3 is 12.0 Å². The van der Waals surface area contributed by atoms with Crippen LogP contribution >= 0.6 is 0 Å². The van der Waals surface area contributed by atoms with Crippen molar-refractivity contribution in [3.05, 3.63) is 0 Å². The van der Waals surface area contributed by atoms with Gasteiger partial charge < -0.3 is 14.9 Å². The van der Waals surface area contributed by atoms with Crippen LogP contribution < -0.4 is 0 Å². The summed E-state index contributed by atoms with van der Waals surface area (Å²) in [4.78, 5) is 29.2. The van der Waals surface area contributed by atoms with Gasteiger partial charge in [-0.25, -0.2) is 4.79 Å². The maximum atomic E-state index is 12.3. The van der Waals surface area contributed by atoms with E-state index in [1.54, 1.807) is 16.7 Å². The Morgan fingerprint density at radius 1 is 1.38 bits per heavy atom. The van der Waals surface area contributed by atoms with E-state index in [9.17, 15) is 9.59 Å². The van der Waals surface area contributed by atoms with Crippen LogP contribution in [0.15, 0.2) is 0 Å². The number of likely N-dealkylation sites (N-methyl/N-ethyl adjacent to an activating group) is 2. The van der Waals surface area contributed by atoms with E-state index in [-0.39, 0.29) is 17.9 Å². The first-order valence-corrected chi connectivity index (χ1v) is 7.91. The average Bonchev–Trinajstić information content (AvgIpc) is 2.83. The summed E-state index contributed by atoms with van der Waals surface area (Å²) < 4.78 is 0. The largest absolute Gasteiger partial charge is 0.481 e. The molecule has 0 aliphatic carbocycles. The van der Waals surface area contributed by atoms with E-state index < -0.39 is 5.97 Å². The molecule has 6 heteroatoms. The number of carbonyl (C=O) groups excluding carboxylic acids is 1. The molecule has 2 saturated heterocycles. The second kappa shape index (κ2) is 6.64. The fourth-order valence-electron chi connectivity index (χ4n) is 3.34. The molecule has 21 heavy (non-hydrogen) atoms. The van der Waals surface area contributed by atoms with Crippen molar-refractivity contribution in [2.24, 2.45) is 11.8 Å². The number of carboxylic acid groups (broad SMARTS) is 1. The highest BCUT2D eigenvalue weighted by Gasteiger charge is 2.38. The topological polar surface area (TPSA) is 64.1 Å². The van der Waals surface area contributed by atoms with E-state index in [4.69, 9.17) is 5.11 Å². The Hall–Kier alpha value is -1.30. The molecule has 2 fully saturated rings. The lowest BCUT2D eigenvalue weighted by molar-refractivity contribution is -0.144. The van der Waals surface area contributed by atoms with Crippen molar-refractivity contribution in [2.75, 3.05) is 39.8 Å². The molecule has 2 heterocycles. The number of likely N-dealkylation sites (tertiary alicyclic amines) is 2. The second-order valence-electron chi connectivity index (χ2n) is 6.38. The van der Waals surface area contributed by atoms with Crippen molar-refractivity contribution in [1.29, 1.82) is 0 Å². The van der Waals surface area contributed by atoms with E-state index in [0.29, 0.717) is 19.1 Å². The number of carbonyl (C=O) groups is 2. The zero-order chi connectivity index (χ0) is 15.6. The molecule has 0 saturated carbocycles. The molecular formula is C15H27N3O3. The Bertz CT molecular complexity index is 396. The molecule has 2 rings (SSSR count). The maximum absolute atomic E-state index is 12.3. The number of aliphatic carboxylic acids is 1. The molecule has 6 nitrogen and oxygen atoms in total. The minimum absolute atomic E-state index is 0.0341. The third-order valence-electron chi connectivity index (χ3n) is 4.99. The van der Waals surface area contributed by atoms with Gasteiger partial charge in [0.2, 0.25) is 0 Å². The van der Waals surface area contributed by atoms with E-state index in [1.165, 1.54) is 6.42 Å². The van der Waals surface area contributed by atoms with Gasteiger partial charge in [0.05, 0.1) is 5.92 Å². The number of nitrogens with zero attached hydrogens (tertiary/aromatic N) is 3. The highest BCUT2D eigenvalue weighted by molar-refractivity contribution is 5.76. The minimum Gasteiger partial charge on any atom is -0.481 e. The van der Waals surface area contributed by atoms with Crippen LogP contribution in [0.1, 0.15) is 26.7 Å². The Labute approximate surface area is 126 Å². The second-order valence-corrected chi connectivity index (χ2v) is 6.38. The van der Waals surface area contributed by atoms with E-state index >= 15 is 0 Å². The summed E-state index contributed by atoms with van der Waals surface area (Å²) >= 11 is 0. The molecule has 1 N–H and O–H groups in total. The Morgan fingerprint density at radius 3 is 2.62 bits per heavy atom. The van der Waals surface area contributed by atoms with Crippen LogP contribution in [-0.2, 0) is 4.79 Å². The molecule has 0 aromatic carbocycles. The molecule has 2 unspecified atom stereocenters. The van der Waals surface area contributed by atoms with Crippen LogP contribution in [0.4, 0.5) is 4.79 Å². The van der Waals surface area contributed by atoms with E-state index in [2.05, 4.69) is 11.8 Å². The van der Waals surface area contributed by atoms with E-state index in [1.807, 2.05) is 7.05 Å². The third-order valence-corrected chi connectivity index (χ3v) is 4.99. The van der Waals surface area contributed by atoms with Crippen molar-refractivity contribution < 1.29 is 14.7 Å². The molecule has 2 amide bonds. The monoisotopic (exact) mass is 297 g/mol. The fraction of sp³-hybridized carbons (Fsp3) is 0.867. The summed E-state index contributed by atoms with van der Waals surface area (Å²) in [5.74, 6) is -1.05. The average molecular weight is 297 g/mol. The van der Waals surface area contributed by atoms with Gasteiger partial charge in [0, 0.05) is 38.6 Å². The van der Waals surface area contributed by atoms with Gasteiger partial charge in [0.15, 0.2) is 0 Å². The molecular weight excluding hydrogens is 270 g/mol. The maximum Gasteiger partial charge on any atom is 0.319 e. The van der Waals surface area contributed by atoms with Crippen molar-refractivity contribution in [3.8, 4) is 0 Å². The third kappa shape index (κ3) is 3.48. The van der Waals surface area contributed by atoms with Crippen LogP contribution in [0.3, 0.4) is 0 Å². The fourth-order valence-corrected chi connectivity index (χ4v) is 3.34. The van der Waals surface area contributed by atoms with Gasteiger partial charge in [-0.15, -0.1) is 0 Å². The van der Waals surface area contributed by atoms with Gasteiger partial charge in [0.1, 0.15) is 0 Å². The normalized spacial score (nSPS) is 24.7. The van der Waals surface area contributed by atoms with Crippen molar-refractivity contribution in [2.45, 2.75) is 32.7 Å². The Balaban J connectivity index is 1.78. The smallest absolute Gasteiger partial charge is 0.319 e. The lowest BCUT2D eigenvalue weighted by Crippen LogP contribution is -2.57. The standard InChI is InChI=1S/C15H27N3O3/c1-4-17-7-5-6-13(17)10-16(3)15(21)18-8-12(9-18)11(2)14(19)20/h11-13H,4-10H2,1-3H3,(H,19,20). The number of hydrogen-bond acceptors (Lipinski definition) is 3. The first-order chi connectivity index (χ1) is 9.93. The lowest BCUT2D eigenvalue weighted by atomic mass is 9.87. The molecule has 0 bridgehead atoms. The number of amides is 2. The summed E-state index contributed by atoms with van der Waals surface area (Å²) in [5.41, 5.74) is 0. The van der Waals surface area contributed by atoms with Crippen molar-refractivity contribution in [1.82, 2.24) is 14.7 Å². The van der Waals surface area contributed by atoms with Crippen molar-refractivity contribution in [3.63, 3.8) is 0 Å². The SMILES string of the molecule is CCN1CCCC1CN(C)C(=O)N1CC(C(C)C(=O)O)C1. The van der Waals surface area contributed by atoms with Gasteiger partial charge in [-0.1, -0.05) is 13.8 Å². The number of urea groups is 1. The number of hydrogen-bond donors (Lipinski definition) is 1. The molecule has 2 aliphatic heterocycles. The van der Waals surface area contributed by atoms with Crippen LogP contribution in [0.5, 0.6) is 0 Å². The predicted octanol–water partition coefficient (Wildman–Crippen LogP) is 1.17. The quantitative estimate of drug-likeness (QED) is 0.827. The zero-order valence-electron chi connectivity index (χ0n) is 13.3. The van der Waals surface area contributed by atoms with Gasteiger partial charge in [-0.05, 0) is 25.9 Å². The van der Waals surface area contributed by atoms with Crippen LogP contribution in [0.25, 0.3) is 0 Å². The summed E-state index contributed by atoms with van der Waals surface area (Å²) in [7, 11) is 1.85. The molecule has 2 aliphatic rings. The predicted molar refractivity (Wildman–Crippen MR) is 80.2 cm³/mol. The highest BCUT2D eigenvalue weighted by Crippen LogP contribution is 2.25. The molecule has 0 aromatic heterocycles. The highest BCUT2D eigenvalue weighted by atomic mass is 16.4. The molecule has 0 radical (unpaired) electrons. The number of rotatable bonds is 5. The zero-order valence-corrected chi connectivity index (χ0v) is 13.3. The van der Waals surface area contributed by atoms with Crippen LogP contribution in [0, 0.1) is 11.8 Å². The first kappa shape index (κ1) is 16.1. The lowest BCUT2D eigenvalue weighted by Gasteiger charge is -2.43. The van der Waals surface area contributed by atoms with Crippen molar-refractivity contribution >= 4 is 12.0 Å². The Kier molecular flexibility index (Phi) is 5.08. The molecule has 0 aromatic rings. The summed E-state index contributed by atoms with van der Waals surface area (Å²) in [6, 6.07) is 0.505. The Morgan fingerprint density at radius 2 is 2.05 bits per heavy atom. The van der Waals surface area contributed by atoms with Gasteiger partial charge in [-0.3, -0.25) is 9.69 Å².